The van der Waals surface area contributed by atoms with Gasteiger partial charge in [-0.1, -0.05) is 18.2 Å². The number of nitrogen functional groups attached to an aromatic ring is 1. The first kappa shape index (κ1) is 11.8. The van der Waals surface area contributed by atoms with E-state index in [9.17, 15) is 0 Å². The van der Waals surface area contributed by atoms with Gasteiger partial charge in [-0.15, -0.1) is 10.2 Å². The van der Waals surface area contributed by atoms with Gasteiger partial charge in [-0.3, -0.25) is 9.38 Å². The Morgan fingerprint density at radius 3 is 2.81 bits per heavy atom. The van der Waals surface area contributed by atoms with Gasteiger partial charge in [-0.2, -0.15) is 0 Å². The topological polar surface area (TPSA) is 69.1 Å². The fraction of sp³-hybridized carbons (Fsp3) is 0.0625. The van der Waals surface area contributed by atoms with Crippen LogP contribution in [0.15, 0.2) is 48.7 Å². The average molecular weight is 275 g/mol. The number of rotatable bonds is 1. The summed E-state index contributed by atoms with van der Waals surface area (Å²) in [6.07, 6.45) is 1.74. The second-order valence-corrected chi connectivity index (χ2v) is 5.04. The Hall–Kier alpha value is -2.95. The van der Waals surface area contributed by atoms with Gasteiger partial charge in [0.15, 0.2) is 11.5 Å². The SMILES string of the molecule is Cc1ccc(N)cc1-c1nnc2cnc3ccccc3n12. The van der Waals surface area contributed by atoms with E-state index in [1.165, 1.54) is 0 Å². The molecule has 0 aliphatic rings. The minimum atomic E-state index is 0.714. The first-order chi connectivity index (χ1) is 10.2. The molecular weight excluding hydrogens is 262 g/mol. The molecule has 21 heavy (non-hydrogen) atoms. The number of aromatic nitrogens is 4. The standard InChI is InChI=1S/C16H13N5/c1-10-6-7-11(17)8-12(10)16-20-19-15-9-18-13-4-2-3-5-14(13)21(15)16/h2-9H,17H2,1H3. The van der Waals surface area contributed by atoms with Crippen molar-refractivity contribution in [1.29, 1.82) is 0 Å². The number of nitrogens with zero attached hydrogens (tertiary/aromatic N) is 4. The third kappa shape index (κ3) is 1.74. The molecule has 0 radical (unpaired) electrons. The first-order valence-electron chi connectivity index (χ1n) is 6.69. The number of para-hydroxylation sites is 2. The van der Waals surface area contributed by atoms with E-state index in [0.717, 1.165) is 33.6 Å². The Morgan fingerprint density at radius 2 is 1.90 bits per heavy atom. The molecule has 5 heteroatoms. The molecule has 4 aromatic rings. The summed E-state index contributed by atoms with van der Waals surface area (Å²) in [4.78, 5) is 4.41. The van der Waals surface area contributed by atoms with Crippen molar-refractivity contribution in [2.75, 3.05) is 5.73 Å². The number of hydrogen-bond acceptors (Lipinski definition) is 4. The molecule has 0 aliphatic heterocycles. The number of aryl methyl sites for hydroxylation is 1. The molecule has 0 bridgehead atoms. The number of hydrogen-bond donors (Lipinski definition) is 1. The lowest BCUT2D eigenvalue weighted by Crippen LogP contribution is -1.96. The zero-order valence-corrected chi connectivity index (χ0v) is 11.5. The Balaban J connectivity index is 2.14. The van der Waals surface area contributed by atoms with Gasteiger partial charge in [0.1, 0.15) is 0 Å². The third-order valence-corrected chi connectivity index (χ3v) is 3.63. The molecule has 2 aromatic heterocycles. The van der Waals surface area contributed by atoms with Crippen LogP contribution in [0.25, 0.3) is 28.1 Å². The summed E-state index contributed by atoms with van der Waals surface area (Å²) in [6, 6.07) is 13.8. The van der Waals surface area contributed by atoms with Crippen LogP contribution in [0.4, 0.5) is 5.69 Å². The second-order valence-electron chi connectivity index (χ2n) is 5.04. The van der Waals surface area contributed by atoms with Gasteiger partial charge in [0.05, 0.1) is 17.2 Å². The lowest BCUT2D eigenvalue weighted by atomic mass is 10.1. The van der Waals surface area contributed by atoms with Crippen molar-refractivity contribution in [2.45, 2.75) is 6.92 Å². The summed E-state index contributed by atoms with van der Waals surface area (Å²) in [5.74, 6) is 0.786. The predicted molar refractivity (Wildman–Crippen MR) is 82.9 cm³/mol. The molecule has 0 fully saturated rings. The predicted octanol–water partition coefficient (Wildman–Crippen LogP) is 2.84. The fourth-order valence-electron chi connectivity index (χ4n) is 2.56. The maximum Gasteiger partial charge on any atom is 0.180 e. The summed E-state index contributed by atoms with van der Waals surface area (Å²) >= 11 is 0. The van der Waals surface area contributed by atoms with Crippen LogP contribution in [0.2, 0.25) is 0 Å². The summed E-state index contributed by atoms with van der Waals surface area (Å²) in [5, 5.41) is 8.56. The molecular formula is C16H13N5. The van der Waals surface area contributed by atoms with E-state index in [-0.39, 0.29) is 0 Å². The molecule has 102 valence electrons. The van der Waals surface area contributed by atoms with Gasteiger partial charge in [-0.05, 0) is 36.8 Å². The van der Waals surface area contributed by atoms with Gasteiger partial charge in [0.2, 0.25) is 0 Å². The monoisotopic (exact) mass is 275 g/mol. The van der Waals surface area contributed by atoms with Crippen LogP contribution < -0.4 is 5.73 Å². The Labute approximate surface area is 121 Å². The van der Waals surface area contributed by atoms with Crippen LogP contribution in [0.5, 0.6) is 0 Å². The zero-order chi connectivity index (χ0) is 14.4. The van der Waals surface area contributed by atoms with Crippen LogP contribution in [0.3, 0.4) is 0 Å². The summed E-state index contributed by atoms with van der Waals surface area (Å²) in [5.41, 5.74) is 11.4. The average Bonchev–Trinajstić information content (AvgIpc) is 2.94. The summed E-state index contributed by atoms with van der Waals surface area (Å²) in [7, 11) is 0. The summed E-state index contributed by atoms with van der Waals surface area (Å²) < 4.78 is 2.02. The van der Waals surface area contributed by atoms with Crippen LogP contribution in [0, 0.1) is 6.92 Å². The van der Waals surface area contributed by atoms with Crippen molar-refractivity contribution in [2.24, 2.45) is 0 Å². The fourth-order valence-corrected chi connectivity index (χ4v) is 2.56. The van der Waals surface area contributed by atoms with Crippen LogP contribution >= 0.6 is 0 Å². The van der Waals surface area contributed by atoms with E-state index < -0.39 is 0 Å². The normalized spacial score (nSPS) is 11.3. The molecule has 0 amide bonds. The van der Waals surface area contributed by atoms with Crippen molar-refractivity contribution in [1.82, 2.24) is 19.6 Å². The molecule has 2 heterocycles. The molecule has 0 saturated carbocycles. The Morgan fingerprint density at radius 1 is 1.05 bits per heavy atom. The maximum atomic E-state index is 5.92. The number of nitrogens with two attached hydrogens (primary N) is 1. The Kier molecular flexibility index (Phi) is 2.41. The molecule has 4 rings (SSSR count). The van der Waals surface area contributed by atoms with Crippen molar-refractivity contribution >= 4 is 22.4 Å². The van der Waals surface area contributed by atoms with E-state index in [1.54, 1.807) is 6.20 Å². The molecule has 0 spiro atoms. The van der Waals surface area contributed by atoms with Gasteiger partial charge >= 0.3 is 0 Å². The highest BCUT2D eigenvalue weighted by atomic mass is 15.3. The zero-order valence-electron chi connectivity index (χ0n) is 11.5. The van der Waals surface area contributed by atoms with Crippen molar-refractivity contribution in [3.05, 3.63) is 54.2 Å². The smallest absolute Gasteiger partial charge is 0.180 e. The van der Waals surface area contributed by atoms with Gasteiger partial charge in [0.25, 0.3) is 0 Å². The van der Waals surface area contributed by atoms with Crippen LogP contribution in [-0.4, -0.2) is 19.6 Å². The highest BCUT2D eigenvalue weighted by Crippen LogP contribution is 2.26. The van der Waals surface area contributed by atoms with E-state index in [0.29, 0.717) is 5.69 Å². The van der Waals surface area contributed by atoms with Gasteiger partial charge in [0, 0.05) is 11.3 Å². The van der Waals surface area contributed by atoms with E-state index in [4.69, 9.17) is 5.73 Å². The minimum absolute atomic E-state index is 0.714. The van der Waals surface area contributed by atoms with E-state index >= 15 is 0 Å². The minimum Gasteiger partial charge on any atom is -0.399 e. The molecule has 0 unspecified atom stereocenters. The third-order valence-electron chi connectivity index (χ3n) is 3.63. The van der Waals surface area contributed by atoms with Crippen molar-refractivity contribution < 1.29 is 0 Å². The molecule has 0 atom stereocenters. The van der Waals surface area contributed by atoms with Crippen molar-refractivity contribution in [3.8, 4) is 11.4 Å². The highest BCUT2D eigenvalue weighted by Gasteiger charge is 2.13. The van der Waals surface area contributed by atoms with E-state index in [2.05, 4.69) is 15.2 Å². The molecule has 2 aromatic carbocycles. The Bertz CT molecular complexity index is 971. The second kappa shape index (κ2) is 4.28. The number of anilines is 1. The number of fused-ring (bicyclic) bond motifs is 3. The molecule has 5 nitrogen and oxygen atoms in total. The van der Waals surface area contributed by atoms with Crippen LogP contribution in [-0.2, 0) is 0 Å². The van der Waals surface area contributed by atoms with Crippen molar-refractivity contribution in [3.63, 3.8) is 0 Å². The maximum absolute atomic E-state index is 5.92. The molecule has 0 saturated heterocycles. The summed E-state index contributed by atoms with van der Waals surface area (Å²) in [6.45, 7) is 2.04. The van der Waals surface area contributed by atoms with Gasteiger partial charge < -0.3 is 5.73 Å². The van der Waals surface area contributed by atoms with Gasteiger partial charge in [-0.25, -0.2) is 0 Å². The molecule has 2 N–H and O–H groups in total. The lowest BCUT2D eigenvalue weighted by molar-refractivity contribution is 1.11. The largest absolute Gasteiger partial charge is 0.399 e. The quantitative estimate of drug-likeness (QED) is 0.542. The number of benzene rings is 2. The van der Waals surface area contributed by atoms with E-state index in [1.807, 2.05) is 53.8 Å². The van der Waals surface area contributed by atoms with Crippen LogP contribution in [0.1, 0.15) is 5.56 Å². The molecule has 0 aliphatic carbocycles. The first-order valence-corrected chi connectivity index (χ1v) is 6.69. The lowest BCUT2D eigenvalue weighted by Gasteiger charge is -2.07. The highest BCUT2D eigenvalue weighted by molar-refractivity contribution is 5.80.